The molecule has 0 rings (SSSR count). The summed E-state index contributed by atoms with van der Waals surface area (Å²) in [6.45, 7) is 16.6. The summed E-state index contributed by atoms with van der Waals surface area (Å²) in [4.78, 5) is 11.8. The van der Waals surface area contributed by atoms with E-state index in [1.807, 2.05) is 26.8 Å². The van der Waals surface area contributed by atoms with E-state index in [9.17, 15) is 4.79 Å². The Morgan fingerprint density at radius 1 is 1.25 bits per heavy atom. The summed E-state index contributed by atoms with van der Waals surface area (Å²) in [5, 5.41) is 2.90. The number of carbonyl (C=O) groups excluding carboxylic acids is 1. The second kappa shape index (κ2) is 8.30. The molecule has 0 bridgehead atoms. The van der Waals surface area contributed by atoms with Crippen LogP contribution in [0.15, 0.2) is 12.7 Å². The first-order valence-electron chi connectivity index (χ1n) is 7.24. The molecular formula is C16H31NO3. The monoisotopic (exact) mass is 285 g/mol. The molecule has 0 aliphatic heterocycles. The van der Waals surface area contributed by atoms with E-state index in [0.29, 0.717) is 13.2 Å². The van der Waals surface area contributed by atoms with E-state index in [1.165, 1.54) is 0 Å². The predicted molar refractivity (Wildman–Crippen MR) is 82.9 cm³/mol. The van der Waals surface area contributed by atoms with E-state index in [-0.39, 0.29) is 11.5 Å². The highest BCUT2D eigenvalue weighted by atomic mass is 16.6. The summed E-state index contributed by atoms with van der Waals surface area (Å²) < 4.78 is 10.9. The van der Waals surface area contributed by atoms with Gasteiger partial charge >= 0.3 is 6.09 Å². The van der Waals surface area contributed by atoms with Crippen molar-refractivity contribution in [3.8, 4) is 0 Å². The summed E-state index contributed by atoms with van der Waals surface area (Å²) in [5.74, 6) is 0. The van der Waals surface area contributed by atoms with Gasteiger partial charge in [-0.3, -0.25) is 0 Å². The number of rotatable bonds is 7. The Balaban J connectivity index is 4.29. The lowest BCUT2D eigenvalue weighted by Gasteiger charge is -2.32. The maximum atomic E-state index is 11.8. The molecule has 4 heteroatoms. The third kappa shape index (κ3) is 9.84. The molecule has 0 saturated heterocycles. The van der Waals surface area contributed by atoms with E-state index >= 15 is 0 Å². The zero-order valence-corrected chi connectivity index (χ0v) is 13.9. The fourth-order valence-electron chi connectivity index (χ4n) is 1.49. The van der Waals surface area contributed by atoms with Gasteiger partial charge in [0.15, 0.2) is 0 Å². The second-order valence-electron chi connectivity index (χ2n) is 7.07. The number of carbonyl (C=O) groups is 1. The number of hydrogen-bond acceptors (Lipinski definition) is 3. The quantitative estimate of drug-likeness (QED) is 0.570. The molecule has 0 aromatic rings. The highest BCUT2D eigenvalue weighted by molar-refractivity contribution is 5.68. The van der Waals surface area contributed by atoms with Crippen LogP contribution in [-0.4, -0.2) is 30.9 Å². The summed E-state index contributed by atoms with van der Waals surface area (Å²) in [7, 11) is 0. The Morgan fingerprint density at radius 2 is 1.85 bits per heavy atom. The average Bonchev–Trinajstić information content (AvgIpc) is 2.23. The minimum Gasteiger partial charge on any atom is -0.444 e. The van der Waals surface area contributed by atoms with Crippen molar-refractivity contribution >= 4 is 6.09 Å². The number of allylic oxidation sites excluding steroid dienone is 1. The van der Waals surface area contributed by atoms with E-state index in [4.69, 9.17) is 9.47 Å². The second-order valence-corrected chi connectivity index (χ2v) is 7.07. The third-order valence-electron chi connectivity index (χ3n) is 2.72. The summed E-state index contributed by atoms with van der Waals surface area (Å²) in [6, 6.07) is -0.0823. The molecule has 1 amide bonds. The third-order valence-corrected chi connectivity index (χ3v) is 2.72. The molecule has 0 aromatic heterocycles. The first-order chi connectivity index (χ1) is 9.06. The van der Waals surface area contributed by atoms with Crippen molar-refractivity contribution < 1.29 is 14.3 Å². The van der Waals surface area contributed by atoms with Gasteiger partial charge in [0.2, 0.25) is 0 Å². The Kier molecular flexibility index (Phi) is 7.87. The van der Waals surface area contributed by atoms with Gasteiger partial charge in [-0.05, 0) is 39.0 Å². The molecule has 0 aliphatic rings. The molecule has 0 fully saturated rings. The van der Waals surface area contributed by atoms with Crippen LogP contribution in [0.2, 0.25) is 0 Å². The van der Waals surface area contributed by atoms with E-state index < -0.39 is 11.7 Å². The molecule has 118 valence electrons. The van der Waals surface area contributed by atoms with Crippen LogP contribution < -0.4 is 5.32 Å². The van der Waals surface area contributed by atoms with Crippen LogP contribution in [0, 0.1) is 5.41 Å². The number of hydrogen-bond donors (Lipinski definition) is 1. The van der Waals surface area contributed by atoms with Crippen molar-refractivity contribution in [1.29, 1.82) is 0 Å². The Bertz CT molecular complexity index is 300. The van der Waals surface area contributed by atoms with Crippen molar-refractivity contribution in [3.63, 3.8) is 0 Å². The lowest BCUT2D eigenvalue weighted by molar-refractivity contribution is 0.0327. The van der Waals surface area contributed by atoms with Gasteiger partial charge in [-0.1, -0.05) is 26.8 Å². The molecule has 0 aromatic carbocycles. The molecule has 20 heavy (non-hydrogen) atoms. The molecule has 0 spiro atoms. The van der Waals surface area contributed by atoms with Crippen molar-refractivity contribution in [2.24, 2.45) is 5.41 Å². The normalized spacial score (nSPS) is 13.7. The fraction of sp³-hybridized carbons (Fsp3) is 0.812. The molecule has 0 aliphatic carbocycles. The highest BCUT2D eigenvalue weighted by Crippen LogP contribution is 2.20. The van der Waals surface area contributed by atoms with Crippen LogP contribution >= 0.6 is 0 Å². The lowest BCUT2D eigenvalue weighted by atomic mass is 9.87. The fourth-order valence-corrected chi connectivity index (χ4v) is 1.49. The van der Waals surface area contributed by atoms with Crippen molar-refractivity contribution in [2.75, 3.05) is 13.2 Å². The first kappa shape index (κ1) is 19.0. The van der Waals surface area contributed by atoms with Crippen molar-refractivity contribution in [1.82, 2.24) is 5.32 Å². The summed E-state index contributed by atoms with van der Waals surface area (Å²) in [6.07, 6.45) is 3.38. The average molecular weight is 285 g/mol. The number of alkyl carbamates (subject to hydrolysis) is 1. The molecular weight excluding hydrogens is 254 g/mol. The van der Waals surface area contributed by atoms with Gasteiger partial charge in [-0.25, -0.2) is 4.79 Å². The van der Waals surface area contributed by atoms with Gasteiger partial charge in [-0.2, -0.15) is 0 Å². The number of amides is 1. The number of nitrogens with one attached hydrogen (secondary N) is 1. The van der Waals surface area contributed by atoms with Crippen LogP contribution in [0.3, 0.4) is 0 Å². The van der Waals surface area contributed by atoms with Gasteiger partial charge < -0.3 is 14.8 Å². The zero-order valence-electron chi connectivity index (χ0n) is 13.9. The first-order valence-corrected chi connectivity index (χ1v) is 7.24. The lowest BCUT2D eigenvalue weighted by Crippen LogP contribution is -2.48. The summed E-state index contributed by atoms with van der Waals surface area (Å²) in [5.41, 5.74) is -0.577. The number of ether oxygens (including phenoxy) is 2. The molecule has 0 saturated carbocycles. The van der Waals surface area contributed by atoms with Gasteiger partial charge in [0, 0.05) is 6.61 Å². The SMILES string of the molecule is C=CCCCOC[C@H](NC(=O)OC(C)(C)C)C(C)(C)C. The largest absolute Gasteiger partial charge is 0.444 e. The molecule has 0 radical (unpaired) electrons. The van der Waals surface area contributed by atoms with Crippen LogP contribution in [0.5, 0.6) is 0 Å². The molecule has 4 nitrogen and oxygen atoms in total. The van der Waals surface area contributed by atoms with Crippen molar-refractivity contribution in [2.45, 2.75) is 66.0 Å². The number of unbranched alkanes of at least 4 members (excludes halogenated alkanes) is 1. The van der Waals surface area contributed by atoms with Crippen molar-refractivity contribution in [3.05, 3.63) is 12.7 Å². The van der Waals surface area contributed by atoms with E-state index in [1.54, 1.807) is 0 Å². The molecule has 1 N–H and O–H groups in total. The standard InChI is InChI=1S/C16H31NO3/c1-8-9-10-11-19-12-13(15(2,3)4)17-14(18)20-16(5,6)7/h8,13H,1,9-12H2,2-7H3,(H,17,18)/t13-/m0/s1. The molecule has 1 atom stereocenters. The smallest absolute Gasteiger partial charge is 0.407 e. The van der Waals surface area contributed by atoms with Gasteiger partial charge in [0.25, 0.3) is 0 Å². The van der Waals surface area contributed by atoms with Crippen LogP contribution in [0.4, 0.5) is 4.79 Å². The zero-order chi connectivity index (χ0) is 15.8. The minimum absolute atomic E-state index is 0.0823. The Morgan fingerprint density at radius 3 is 2.30 bits per heavy atom. The predicted octanol–water partition coefficient (Wildman–Crippen LogP) is 3.91. The highest BCUT2D eigenvalue weighted by Gasteiger charge is 2.28. The maximum absolute atomic E-state index is 11.8. The maximum Gasteiger partial charge on any atom is 0.407 e. The van der Waals surface area contributed by atoms with Gasteiger partial charge in [0.05, 0.1) is 12.6 Å². The van der Waals surface area contributed by atoms with Crippen LogP contribution in [-0.2, 0) is 9.47 Å². The van der Waals surface area contributed by atoms with Gasteiger partial charge in [-0.15, -0.1) is 6.58 Å². The van der Waals surface area contributed by atoms with E-state index in [0.717, 1.165) is 12.8 Å². The van der Waals surface area contributed by atoms with Crippen LogP contribution in [0.1, 0.15) is 54.4 Å². The minimum atomic E-state index is -0.489. The Labute approximate surface area is 123 Å². The molecule has 0 unspecified atom stereocenters. The summed E-state index contributed by atoms with van der Waals surface area (Å²) >= 11 is 0. The Hall–Kier alpha value is -1.03. The topological polar surface area (TPSA) is 47.6 Å². The van der Waals surface area contributed by atoms with E-state index in [2.05, 4.69) is 32.7 Å². The van der Waals surface area contributed by atoms with Crippen LogP contribution in [0.25, 0.3) is 0 Å². The van der Waals surface area contributed by atoms with Gasteiger partial charge in [0.1, 0.15) is 5.60 Å². The molecule has 0 heterocycles.